The van der Waals surface area contributed by atoms with Crippen molar-refractivity contribution in [3.8, 4) is 5.69 Å². The van der Waals surface area contributed by atoms with Crippen LogP contribution in [0.25, 0.3) is 65.5 Å². The third-order valence-electron chi connectivity index (χ3n) is 10.2. The van der Waals surface area contributed by atoms with E-state index < -0.39 is 0 Å². The van der Waals surface area contributed by atoms with Crippen LogP contribution in [0.15, 0.2) is 176 Å². The van der Waals surface area contributed by atoms with E-state index in [1.54, 1.807) is 0 Å². The molecule has 0 spiro atoms. The molecule has 0 fully saturated rings. The second-order valence-electron chi connectivity index (χ2n) is 13.0. The van der Waals surface area contributed by atoms with Crippen molar-refractivity contribution in [1.29, 1.82) is 0 Å². The maximum absolute atomic E-state index is 3.91. The van der Waals surface area contributed by atoms with Crippen LogP contribution in [-0.2, 0) is 0 Å². The van der Waals surface area contributed by atoms with Crippen molar-refractivity contribution in [1.82, 2.24) is 15.2 Å². The summed E-state index contributed by atoms with van der Waals surface area (Å²) in [5, 5.41) is 18.0. The molecule has 9 aromatic rings. The van der Waals surface area contributed by atoms with Crippen molar-refractivity contribution in [2.45, 2.75) is 12.2 Å². The summed E-state index contributed by atoms with van der Waals surface area (Å²) in [7, 11) is 0. The van der Waals surface area contributed by atoms with Gasteiger partial charge in [0.1, 0.15) is 6.17 Å². The number of rotatable bonds is 4. The normalized spacial score (nSPS) is 16.4. The van der Waals surface area contributed by atoms with E-state index in [9.17, 15) is 0 Å². The van der Waals surface area contributed by atoms with Crippen LogP contribution < -0.4 is 10.6 Å². The summed E-state index contributed by atoms with van der Waals surface area (Å²) in [5.74, 6) is 0. The number of aromatic nitrogens is 1. The number of nitrogens with one attached hydrogen (secondary N) is 2. The number of nitrogens with zero attached hydrogens (tertiary/aromatic N) is 1. The predicted molar refractivity (Wildman–Crippen MR) is 206 cm³/mol. The van der Waals surface area contributed by atoms with Crippen LogP contribution in [0.3, 0.4) is 0 Å². The highest BCUT2D eigenvalue weighted by atomic mass is 15.2. The molecule has 10 rings (SSSR count). The Balaban J connectivity index is 1.17. The van der Waals surface area contributed by atoms with Gasteiger partial charge in [-0.15, -0.1) is 0 Å². The Kier molecular flexibility index (Phi) is 6.39. The van der Waals surface area contributed by atoms with Gasteiger partial charge in [-0.1, -0.05) is 146 Å². The summed E-state index contributed by atoms with van der Waals surface area (Å²) in [5.41, 5.74) is 8.31. The van der Waals surface area contributed by atoms with E-state index in [-0.39, 0.29) is 12.2 Å². The van der Waals surface area contributed by atoms with Gasteiger partial charge in [-0.05, 0) is 79.3 Å². The van der Waals surface area contributed by atoms with Crippen molar-refractivity contribution >= 4 is 59.8 Å². The zero-order chi connectivity index (χ0) is 32.3. The summed E-state index contributed by atoms with van der Waals surface area (Å²) in [6.45, 7) is 0. The van der Waals surface area contributed by atoms with Crippen molar-refractivity contribution < 1.29 is 0 Å². The molecule has 2 atom stereocenters. The van der Waals surface area contributed by atoms with E-state index >= 15 is 0 Å². The van der Waals surface area contributed by atoms with Crippen LogP contribution in [0.2, 0.25) is 0 Å². The molecule has 0 radical (unpaired) electrons. The summed E-state index contributed by atoms with van der Waals surface area (Å²) >= 11 is 0. The van der Waals surface area contributed by atoms with Gasteiger partial charge in [0.2, 0.25) is 0 Å². The Morgan fingerprint density at radius 1 is 0.469 bits per heavy atom. The molecule has 3 nitrogen and oxygen atoms in total. The van der Waals surface area contributed by atoms with Crippen molar-refractivity contribution in [2.75, 3.05) is 0 Å². The average Bonchev–Trinajstić information content (AvgIpc) is 3.53. The van der Waals surface area contributed by atoms with Crippen LogP contribution >= 0.6 is 0 Å². The quantitative estimate of drug-likeness (QED) is 0.203. The lowest BCUT2D eigenvalue weighted by Gasteiger charge is -2.34. The topological polar surface area (TPSA) is 29.0 Å². The lowest BCUT2D eigenvalue weighted by molar-refractivity contribution is 0.445. The van der Waals surface area contributed by atoms with E-state index in [4.69, 9.17) is 0 Å². The number of hydrogen-bond acceptors (Lipinski definition) is 2. The molecule has 2 N–H and O–H groups in total. The fourth-order valence-corrected chi connectivity index (χ4v) is 7.98. The third-order valence-corrected chi connectivity index (χ3v) is 10.2. The highest BCUT2D eigenvalue weighted by Gasteiger charge is 2.26. The van der Waals surface area contributed by atoms with Gasteiger partial charge in [-0.25, -0.2) is 0 Å². The number of hydrogen-bond donors (Lipinski definition) is 2. The molecular weight excluding hydrogens is 595 g/mol. The van der Waals surface area contributed by atoms with Gasteiger partial charge in [0, 0.05) is 22.2 Å². The van der Waals surface area contributed by atoms with Crippen LogP contribution in [0, 0.1) is 0 Å². The summed E-state index contributed by atoms with van der Waals surface area (Å²) < 4.78 is 2.45. The molecule has 3 heteroatoms. The van der Waals surface area contributed by atoms with Gasteiger partial charge in [0.15, 0.2) is 0 Å². The molecule has 1 aromatic heterocycles. The Hall–Kier alpha value is -6.16. The molecule has 0 saturated carbocycles. The molecule has 2 heterocycles. The van der Waals surface area contributed by atoms with Crippen LogP contribution in [-0.4, -0.2) is 4.57 Å². The SMILES string of the molecule is C1=C(c2cccc(-n3c4ccc5ccccc5c4c4c5ccccc5ccc43)c2)NC(c2cccc3ccccc23)NC1c1ccccc1. The summed E-state index contributed by atoms with van der Waals surface area (Å²) in [6.07, 6.45) is 2.26. The molecule has 1 aliphatic heterocycles. The molecule has 1 aliphatic rings. The minimum Gasteiger partial charge on any atom is -0.366 e. The zero-order valence-electron chi connectivity index (χ0n) is 26.8. The van der Waals surface area contributed by atoms with E-state index in [0.717, 1.165) is 16.9 Å². The molecule has 0 bridgehead atoms. The Morgan fingerprint density at radius 3 is 1.73 bits per heavy atom. The van der Waals surface area contributed by atoms with Crippen molar-refractivity contribution in [3.05, 3.63) is 193 Å². The number of fused-ring (bicyclic) bond motifs is 8. The standard InChI is InChI=1S/C46H33N3/c1-2-15-33(16-3-1)40-29-41(48-46(47-40)39-23-11-17-30-12-4-7-20-36(30)39)34-18-10-19-35(28-34)49-42-26-24-31-13-5-8-21-37(31)44(42)45-38-22-9-6-14-32(38)25-27-43(45)49/h1-29,40,46-48H. The van der Waals surface area contributed by atoms with E-state index in [2.05, 4.69) is 191 Å². The average molecular weight is 628 g/mol. The maximum atomic E-state index is 3.91. The summed E-state index contributed by atoms with van der Waals surface area (Å²) in [4.78, 5) is 0. The third kappa shape index (κ3) is 4.55. The maximum Gasteiger partial charge on any atom is 0.105 e. The van der Waals surface area contributed by atoms with Crippen LogP contribution in [0.1, 0.15) is 28.9 Å². The highest BCUT2D eigenvalue weighted by molar-refractivity contribution is 6.28. The van der Waals surface area contributed by atoms with Crippen molar-refractivity contribution in [2.24, 2.45) is 0 Å². The lowest BCUT2D eigenvalue weighted by Crippen LogP contribution is -2.39. The van der Waals surface area contributed by atoms with Crippen LogP contribution in [0.4, 0.5) is 0 Å². The van der Waals surface area contributed by atoms with Gasteiger partial charge in [0.05, 0.1) is 17.1 Å². The fourth-order valence-electron chi connectivity index (χ4n) is 7.98. The smallest absolute Gasteiger partial charge is 0.105 e. The molecule has 232 valence electrons. The predicted octanol–water partition coefficient (Wildman–Crippen LogP) is 11.2. The molecule has 0 aliphatic carbocycles. The summed E-state index contributed by atoms with van der Waals surface area (Å²) in [6, 6.07) is 61.7. The number of benzene rings is 8. The van der Waals surface area contributed by atoms with E-state index in [1.807, 2.05) is 0 Å². The van der Waals surface area contributed by atoms with Crippen LogP contribution in [0.5, 0.6) is 0 Å². The molecule has 8 aromatic carbocycles. The molecular formula is C46H33N3. The first-order chi connectivity index (χ1) is 24.3. The molecule has 49 heavy (non-hydrogen) atoms. The Labute approximate surface area is 284 Å². The Bertz CT molecular complexity index is 2640. The largest absolute Gasteiger partial charge is 0.366 e. The lowest BCUT2D eigenvalue weighted by atomic mass is 9.96. The first-order valence-corrected chi connectivity index (χ1v) is 17.0. The Morgan fingerprint density at radius 2 is 1.04 bits per heavy atom. The van der Waals surface area contributed by atoms with E-state index in [1.165, 1.54) is 65.3 Å². The molecule has 0 amide bonds. The first kappa shape index (κ1) is 27.9. The zero-order valence-corrected chi connectivity index (χ0v) is 26.8. The fraction of sp³-hybridized carbons (Fsp3) is 0.0435. The molecule has 2 unspecified atom stereocenters. The minimum atomic E-state index is -0.0778. The second-order valence-corrected chi connectivity index (χ2v) is 13.0. The van der Waals surface area contributed by atoms with Gasteiger partial charge < -0.3 is 9.88 Å². The monoisotopic (exact) mass is 627 g/mol. The molecule has 0 saturated heterocycles. The van der Waals surface area contributed by atoms with Gasteiger partial charge in [-0.2, -0.15) is 0 Å². The van der Waals surface area contributed by atoms with Crippen molar-refractivity contribution in [3.63, 3.8) is 0 Å². The second kappa shape index (κ2) is 11.2. The van der Waals surface area contributed by atoms with E-state index in [0.29, 0.717) is 0 Å². The van der Waals surface area contributed by atoms with Gasteiger partial charge in [-0.3, -0.25) is 5.32 Å². The highest BCUT2D eigenvalue weighted by Crippen LogP contribution is 2.41. The van der Waals surface area contributed by atoms with Gasteiger partial charge in [0.25, 0.3) is 0 Å². The first-order valence-electron chi connectivity index (χ1n) is 17.0. The van der Waals surface area contributed by atoms with Gasteiger partial charge >= 0.3 is 0 Å². The minimum absolute atomic E-state index is 0.0380.